The molecule has 0 atom stereocenters. The monoisotopic (exact) mass is 411 g/mol. The number of carbonyl (C=O) groups excluding carboxylic acids is 1. The van der Waals surface area contributed by atoms with Crippen LogP contribution in [0.25, 0.3) is 6.08 Å². The molecule has 7 heteroatoms. The second kappa shape index (κ2) is 12.3. The number of nitro groups is 1. The summed E-state index contributed by atoms with van der Waals surface area (Å²) in [6, 6.07) is 12.1. The van der Waals surface area contributed by atoms with E-state index in [1.807, 2.05) is 25.2 Å². The molecule has 0 radical (unpaired) electrons. The smallest absolute Gasteiger partial charge is 0.269 e. The molecule has 0 aromatic heterocycles. The van der Waals surface area contributed by atoms with Gasteiger partial charge in [-0.25, -0.2) is 0 Å². The van der Waals surface area contributed by atoms with Crippen LogP contribution in [-0.4, -0.2) is 31.0 Å². The Morgan fingerprint density at radius 1 is 1.17 bits per heavy atom. The Morgan fingerprint density at radius 2 is 1.93 bits per heavy atom. The lowest BCUT2D eigenvalue weighted by Crippen LogP contribution is -2.23. The van der Waals surface area contributed by atoms with Crippen molar-refractivity contribution in [1.29, 1.82) is 0 Å². The first-order chi connectivity index (χ1) is 14.5. The van der Waals surface area contributed by atoms with E-state index in [1.165, 1.54) is 18.2 Å². The summed E-state index contributed by atoms with van der Waals surface area (Å²) in [5.74, 6) is 0.578. The third-order valence-electron chi connectivity index (χ3n) is 4.57. The Labute approximate surface area is 177 Å². The van der Waals surface area contributed by atoms with Gasteiger partial charge in [0.25, 0.3) is 5.69 Å². The molecule has 1 amide bonds. The van der Waals surface area contributed by atoms with E-state index in [0.717, 1.165) is 41.8 Å². The predicted molar refractivity (Wildman–Crippen MR) is 120 cm³/mol. The molecule has 0 heterocycles. The zero-order chi connectivity index (χ0) is 21.8. The van der Waals surface area contributed by atoms with Crippen LogP contribution in [-0.2, 0) is 11.2 Å². The van der Waals surface area contributed by atoms with E-state index in [9.17, 15) is 14.9 Å². The van der Waals surface area contributed by atoms with Crippen molar-refractivity contribution in [2.24, 2.45) is 0 Å². The van der Waals surface area contributed by atoms with E-state index in [-0.39, 0.29) is 11.6 Å². The largest absolute Gasteiger partial charge is 0.491 e. The maximum Gasteiger partial charge on any atom is 0.269 e. The number of nitro benzene ring substituents is 1. The molecule has 0 spiro atoms. The normalized spacial score (nSPS) is 10.7. The molecule has 0 fully saturated rings. The molecule has 0 aliphatic carbocycles. The molecule has 7 nitrogen and oxygen atoms in total. The van der Waals surface area contributed by atoms with Crippen LogP contribution in [0.3, 0.4) is 0 Å². The van der Waals surface area contributed by atoms with Crippen LogP contribution >= 0.6 is 0 Å². The number of hydrogen-bond acceptors (Lipinski definition) is 5. The maximum atomic E-state index is 12.1. The van der Waals surface area contributed by atoms with Crippen molar-refractivity contribution in [3.8, 4) is 5.75 Å². The lowest BCUT2D eigenvalue weighted by atomic mass is 10.1. The van der Waals surface area contributed by atoms with E-state index in [2.05, 4.69) is 17.6 Å². The fourth-order valence-corrected chi connectivity index (χ4v) is 2.85. The molecule has 0 bridgehead atoms. The van der Waals surface area contributed by atoms with Crippen LogP contribution in [0.1, 0.15) is 37.3 Å². The quantitative estimate of drug-likeness (QED) is 0.231. The molecule has 0 saturated carbocycles. The highest BCUT2D eigenvalue weighted by Gasteiger charge is 2.05. The van der Waals surface area contributed by atoms with Gasteiger partial charge in [0, 0.05) is 31.8 Å². The maximum absolute atomic E-state index is 12.1. The lowest BCUT2D eigenvalue weighted by Gasteiger charge is -2.12. The van der Waals surface area contributed by atoms with Gasteiger partial charge in [0.05, 0.1) is 17.2 Å². The molecule has 2 aromatic carbocycles. The minimum atomic E-state index is -0.429. The Bertz CT molecular complexity index is 863. The first kappa shape index (κ1) is 22.9. The van der Waals surface area contributed by atoms with Gasteiger partial charge < -0.3 is 15.4 Å². The van der Waals surface area contributed by atoms with Gasteiger partial charge in [-0.2, -0.15) is 0 Å². The van der Waals surface area contributed by atoms with Crippen LogP contribution in [0.4, 0.5) is 11.4 Å². The Morgan fingerprint density at radius 3 is 2.60 bits per heavy atom. The molecule has 2 aromatic rings. The summed E-state index contributed by atoms with van der Waals surface area (Å²) >= 11 is 0. The highest BCUT2D eigenvalue weighted by atomic mass is 16.6. The summed E-state index contributed by atoms with van der Waals surface area (Å²) in [6.45, 7) is 3.27. The number of nitrogens with zero attached hydrogens (tertiary/aromatic N) is 1. The van der Waals surface area contributed by atoms with Crippen LogP contribution < -0.4 is 15.4 Å². The van der Waals surface area contributed by atoms with Gasteiger partial charge in [-0.05, 0) is 42.2 Å². The van der Waals surface area contributed by atoms with Crippen LogP contribution in [0.2, 0.25) is 0 Å². The summed E-state index contributed by atoms with van der Waals surface area (Å²) in [7, 11) is 1.85. The zero-order valence-electron chi connectivity index (χ0n) is 17.5. The summed E-state index contributed by atoms with van der Waals surface area (Å²) in [5.41, 5.74) is 2.78. The number of nitrogens with one attached hydrogen (secondary N) is 2. The van der Waals surface area contributed by atoms with Crippen molar-refractivity contribution in [3.05, 3.63) is 69.8 Å². The molecule has 2 N–H and O–H groups in total. The third kappa shape index (κ3) is 7.58. The van der Waals surface area contributed by atoms with Crippen molar-refractivity contribution >= 4 is 23.4 Å². The average molecular weight is 412 g/mol. The molecule has 2 rings (SSSR count). The SMILES string of the molecule is CCCCCOc1cc(C=CC(=O)NCCc2ccc([N+](=O)[O-])cc2)ccc1NC. The summed E-state index contributed by atoms with van der Waals surface area (Å²) in [6.07, 6.45) is 7.13. The number of rotatable bonds is 12. The van der Waals surface area contributed by atoms with Crippen molar-refractivity contribution in [1.82, 2.24) is 5.32 Å². The zero-order valence-corrected chi connectivity index (χ0v) is 17.5. The van der Waals surface area contributed by atoms with E-state index < -0.39 is 4.92 Å². The Hall–Kier alpha value is -3.35. The molecule has 0 aliphatic heterocycles. The van der Waals surface area contributed by atoms with E-state index >= 15 is 0 Å². The number of carbonyl (C=O) groups is 1. The average Bonchev–Trinajstić information content (AvgIpc) is 2.75. The number of benzene rings is 2. The fraction of sp³-hybridized carbons (Fsp3) is 0.348. The number of ether oxygens (including phenoxy) is 1. The molecular formula is C23H29N3O4. The number of non-ortho nitro benzene ring substituents is 1. The molecular weight excluding hydrogens is 382 g/mol. The van der Waals surface area contributed by atoms with Crippen molar-refractivity contribution in [2.45, 2.75) is 32.6 Å². The highest BCUT2D eigenvalue weighted by Crippen LogP contribution is 2.26. The van der Waals surface area contributed by atoms with Gasteiger partial charge in [0.1, 0.15) is 5.75 Å². The van der Waals surface area contributed by atoms with Crippen LogP contribution in [0.15, 0.2) is 48.5 Å². The van der Waals surface area contributed by atoms with E-state index in [0.29, 0.717) is 19.6 Å². The van der Waals surface area contributed by atoms with Crippen LogP contribution in [0.5, 0.6) is 5.75 Å². The van der Waals surface area contributed by atoms with Crippen molar-refractivity contribution in [2.75, 3.05) is 25.5 Å². The Balaban J connectivity index is 1.85. The molecule has 160 valence electrons. The second-order valence-electron chi connectivity index (χ2n) is 6.86. The van der Waals surface area contributed by atoms with E-state index in [1.54, 1.807) is 18.2 Å². The summed E-state index contributed by atoms with van der Waals surface area (Å²) in [4.78, 5) is 22.3. The van der Waals surface area contributed by atoms with Gasteiger partial charge in [0.2, 0.25) is 5.91 Å². The standard InChI is InChI=1S/C23H29N3O4/c1-3-4-5-16-30-22-17-19(8-12-21(22)24-2)9-13-23(27)25-15-14-18-6-10-20(11-7-18)26(28)29/h6-13,17,24H,3-5,14-16H2,1-2H3,(H,25,27). The first-order valence-corrected chi connectivity index (χ1v) is 10.2. The molecule has 0 aliphatic rings. The minimum Gasteiger partial charge on any atom is -0.491 e. The summed E-state index contributed by atoms with van der Waals surface area (Å²) in [5, 5.41) is 16.6. The van der Waals surface area contributed by atoms with Gasteiger partial charge in [-0.1, -0.05) is 38.0 Å². The third-order valence-corrected chi connectivity index (χ3v) is 4.57. The van der Waals surface area contributed by atoms with Gasteiger partial charge >= 0.3 is 0 Å². The number of hydrogen-bond donors (Lipinski definition) is 2. The van der Waals surface area contributed by atoms with E-state index in [4.69, 9.17) is 4.74 Å². The predicted octanol–water partition coefficient (Wildman–Crippen LogP) is 4.58. The number of unbranched alkanes of at least 4 members (excludes halogenated alkanes) is 2. The van der Waals surface area contributed by atoms with Crippen molar-refractivity contribution < 1.29 is 14.5 Å². The van der Waals surface area contributed by atoms with Crippen molar-refractivity contribution in [3.63, 3.8) is 0 Å². The number of amides is 1. The number of anilines is 1. The second-order valence-corrected chi connectivity index (χ2v) is 6.86. The molecule has 0 saturated heterocycles. The summed E-state index contributed by atoms with van der Waals surface area (Å²) < 4.78 is 5.88. The molecule has 0 unspecified atom stereocenters. The van der Waals surface area contributed by atoms with Crippen LogP contribution in [0, 0.1) is 10.1 Å². The Kier molecular flexibility index (Phi) is 9.37. The van der Waals surface area contributed by atoms with Gasteiger partial charge in [-0.15, -0.1) is 0 Å². The minimum absolute atomic E-state index is 0.0590. The topological polar surface area (TPSA) is 93.5 Å². The van der Waals surface area contributed by atoms with Gasteiger partial charge in [-0.3, -0.25) is 14.9 Å². The lowest BCUT2D eigenvalue weighted by molar-refractivity contribution is -0.384. The highest BCUT2D eigenvalue weighted by molar-refractivity contribution is 5.91. The first-order valence-electron chi connectivity index (χ1n) is 10.2. The van der Waals surface area contributed by atoms with Gasteiger partial charge in [0.15, 0.2) is 0 Å². The molecule has 30 heavy (non-hydrogen) atoms. The fourth-order valence-electron chi connectivity index (χ4n) is 2.85.